The normalized spacial score (nSPS) is 11.2. The van der Waals surface area contributed by atoms with Crippen LogP contribution in [0.2, 0.25) is 0 Å². The predicted octanol–water partition coefficient (Wildman–Crippen LogP) is 5.93. The standard InChI is InChI=1S/C20H27O5P.C2H6/c1-5-16-11-15(8-9-26(22,23)24)10-14(4)20(16)25-17-6-7-19(21)18(12-17)13(2)3;1-2/h6-7,10-13,21H,5,8-9H2,1-4H3,(H2,22,23,24);1-2H3. The van der Waals surface area contributed by atoms with Crippen LogP contribution in [0, 0.1) is 6.92 Å². The number of phenolic OH excluding ortho intramolecular Hbond substituents is 1. The summed E-state index contributed by atoms with van der Waals surface area (Å²) in [5.74, 6) is 1.85. The van der Waals surface area contributed by atoms with Gasteiger partial charge in [-0.2, -0.15) is 0 Å². The van der Waals surface area contributed by atoms with Crippen LogP contribution in [0.3, 0.4) is 0 Å². The van der Waals surface area contributed by atoms with E-state index in [0.717, 1.165) is 34.4 Å². The highest BCUT2D eigenvalue weighted by atomic mass is 31.2. The van der Waals surface area contributed by atoms with Gasteiger partial charge < -0.3 is 19.6 Å². The summed E-state index contributed by atoms with van der Waals surface area (Å²) < 4.78 is 17.2. The Morgan fingerprint density at radius 1 is 1.11 bits per heavy atom. The third-order valence-corrected chi connectivity index (χ3v) is 5.13. The van der Waals surface area contributed by atoms with E-state index in [0.29, 0.717) is 12.2 Å². The maximum absolute atomic E-state index is 11.1. The topological polar surface area (TPSA) is 87.0 Å². The first kappa shape index (κ1) is 24.2. The molecule has 156 valence electrons. The molecule has 0 bridgehead atoms. The average Bonchev–Trinajstić information content (AvgIpc) is 2.64. The first-order chi connectivity index (χ1) is 13.1. The molecule has 0 saturated carbocycles. The molecule has 0 amide bonds. The van der Waals surface area contributed by atoms with Crippen molar-refractivity contribution in [1.82, 2.24) is 0 Å². The second-order valence-corrected chi connectivity index (χ2v) is 8.65. The van der Waals surface area contributed by atoms with Crippen molar-refractivity contribution in [3.63, 3.8) is 0 Å². The molecule has 0 atom stereocenters. The van der Waals surface area contributed by atoms with Gasteiger partial charge in [-0.3, -0.25) is 4.57 Å². The molecule has 28 heavy (non-hydrogen) atoms. The summed E-state index contributed by atoms with van der Waals surface area (Å²) in [4.78, 5) is 18.2. The fourth-order valence-electron chi connectivity index (χ4n) is 2.93. The first-order valence-corrected chi connectivity index (χ1v) is 11.6. The van der Waals surface area contributed by atoms with E-state index in [2.05, 4.69) is 0 Å². The van der Waals surface area contributed by atoms with Gasteiger partial charge in [-0.05, 0) is 60.6 Å². The van der Waals surface area contributed by atoms with Crippen molar-refractivity contribution in [3.05, 3.63) is 52.6 Å². The minimum absolute atomic E-state index is 0.161. The molecule has 0 saturated heterocycles. The lowest BCUT2D eigenvalue weighted by Crippen LogP contribution is -2.00. The Morgan fingerprint density at radius 2 is 1.75 bits per heavy atom. The summed E-state index contributed by atoms with van der Waals surface area (Å²) in [6.45, 7) is 12.0. The van der Waals surface area contributed by atoms with Gasteiger partial charge in [0, 0.05) is 5.56 Å². The number of ether oxygens (including phenoxy) is 1. The number of phenols is 1. The Labute approximate surface area is 168 Å². The van der Waals surface area contributed by atoms with Gasteiger partial charge in [-0.15, -0.1) is 0 Å². The quantitative estimate of drug-likeness (QED) is 0.495. The van der Waals surface area contributed by atoms with E-state index in [1.807, 2.05) is 59.7 Å². The zero-order valence-corrected chi connectivity index (χ0v) is 18.6. The monoisotopic (exact) mass is 408 g/mol. The molecule has 0 aliphatic carbocycles. The Kier molecular flexibility index (Phi) is 9.22. The van der Waals surface area contributed by atoms with Gasteiger partial charge in [-0.25, -0.2) is 0 Å². The fraction of sp³-hybridized carbons (Fsp3) is 0.455. The second kappa shape index (κ2) is 10.7. The van der Waals surface area contributed by atoms with Crippen LogP contribution in [-0.2, 0) is 17.4 Å². The molecule has 0 radical (unpaired) electrons. The summed E-state index contributed by atoms with van der Waals surface area (Å²) in [7, 11) is -4.01. The molecule has 0 aliphatic heterocycles. The van der Waals surface area contributed by atoms with Crippen LogP contribution in [0.4, 0.5) is 0 Å². The van der Waals surface area contributed by atoms with Crippen LogP contribution in [0.25, 0.3) is 0 Å². The Balaban J connectivity index is 0.00000190. The van der Waals surface area contributed by atoms with Crippen molar-refractivity contribution in [1.29, 1.82) is 0 Å². The van der Waals surface area contributed by atoms with Gasteiger partial charge in [0.25, 0.3) is 0 Å². The van der Waals surface area contributed by atoms with Crippen LogP contribution in [0.15, 0.2) is 30.3 Å². The number of benzene rings is 2. The number of hydrogen-bond donors (Lipinski definition) is 3. The molecular formula is C22H33O5P. The molecule has 0 unspecified atom stereocenters. The fourth-order valence-corrected chi connectivity index (χ4v) is 3.48. The predicted molar refractivity (Wildman–Crippen MR) is 115 cm³/mol. The minimum Gasteiger partial charge on any atom is -0.508 e. The van der Waals surface area contributed by atoms with E-state index >= 15 is 0 Å². The Bertz CT molecular complexity index is 824. The molecule has 0 aromatic heterocycles. The van der Waals surface area contributed by atoms with Crippen LogP contribution < -0.4 is 4.74 Å². The van der Waals surface area contributed by atoms with E-state index in [-0.39, 0.29) is 17.8 Å². The van der Waals surface area contributed by atoms with Crippen LogP contribution in [0.1, 0.15) is 62.8 Å². The van der Waals surface area contributed by atoms with Gasteiger partial charge in [0.05, 0.1) is 6.16 Å². The summed E-state index contributed by atoms with van der Waals surface area (Å²) in [5.41, 5.74) is 3.63. The zero-order valence-electron chi connectivity index (χ0n) is 17.7. The van der Waals surface area contributed by atoms with Crippen molar-refractivity contribution in [2.24, 2.45) is 0 Å². The van der Waals surface area contributed by atoms with Crippen LogP contribution >= 0.6 is 7.60 Å². The van der Waals surface area contributed by atoms with E-state index in [4.69, 9.17) is 14.5 Å². The molecule has 2 aromatic rings. The van der Waals surface area contributed by atoms with Crippen LogP contribution in [0.5, 0.6) is 17.2 Å². The number of aryl methyl sites for hydroxylation is 3. The average molecular weight is 408 g/mol. The largest absolute Gasteiger partial charge is 0.508 e. The Hall–Kier alpha value is -1.81. The molecule has 3 N–H and O–H groups in total. The second-order valence-electron chi connectivity index (χ2n) is 6.87. The summed E-state index contributed by atoms with van der Waals surface area (Å²) >= 11 is 0. The number of rotatable bonds is 7. The molecule has 2 rings (SSSR count). The molecule has 0 aliphatic rings. The van der Waals surface area contributed by atoms with E-state index in [9.17, 15) is 9.67 Å². The lowest BCUT2D eigenvalue weighted by molar-refractivity contribution is 0.373. The van der Waals surface area contributed by atoms with E-state index in [1.165, 1.54) is 0 Å². The van der Waals surface area contributed by atoms with Crippen molar-refractivity contribution < 1.29 is 24.2 Å². The molecular weight excluding hydrogens is 375 g/mol. The summed E-state index contributed by atoms with van der Waals surface area (Å²) in [6.07, 6.45) is 0.912. The van der Waals surface area contributed by atoms with Crippen molar-refractivity contribution in [3.8, 4) is 17.2 Å². The van der Waals surface area contributed by atoms with Gasteiger partial charge in [0.2, 0.25) is 0 Å². The van der Waals surface area contributed by atoms with Crippen molar-refractivity contribution in [2.45, 2.75) is 60.3 Å². The maximum atomic E-state index is 11.1. The molecule has 0 heterocycles. The zero-order chi connectivity index (χ0) is 21.5. The van der Waals surface area contributed by atoms with Gasteiger partial charge in [0.1, 0.15) is 17.2 Å². The highest BCUT2D eigenvalue weighted by Gasteiger charge is 2.16. The minimum atomic E-state index is -4.01. The SMILES string of the molecule is CC.CCc1cc(CCP(=O)(O)O)cc(C)c1Oc1ccc(O)c(C(C)C)c1. The maximum Gasteiger partial charge on any atom is 0.325 e. The van der Waals surface area contributed by atoms with Gasteiger partial charge >= 0.3 is 7.60 Å². The lowest BCUT2D eigenvalue weighted by atomic mass is 10.0. The smallest absolute Gasteiger partial charge is 0.325 e. The molecule has 2 aromatic carbocycles. The highest BCUT2D eigenvalue weighted by molar-refractivity contribution is 7.51. The number of aromatic hydroxyl groups is 1. The third kappa shape index (κ3) is 6.97. The Morgan fingerprint density at radius 3 is 2.29 bits per heavy atom. The lowest BCUT2D eigenvalue weighted by Gasteiger charge is -2.17. The summed E-state index contributed by atoms with van der Waals surface area (Å²) in [5, 5.41) is 9.97. The van der Waals surface area contributed by atoms with E-state index < -0.39 is 7.60 Å². The van der Waals surface area contributed by atoms with Crippen molar-refractivity contribution >= 4 is 7.60 Å². The number of hydrogen-bond acceptors (Lipinski definition) is 3. The molecule has 0 spiro atoms. The van der Waals surface area contributed by atoms with Gasteiger partial charge in [0.15, 0.2) is 0 Å². The molecule has 5 nitrogen and oxygen atoms in total. The van der Waals surface area contributed by atoms with E-state index in [1.54, 1.807) is 12.1 Å². The first-order valence-electron chi connectivity index (χ1n) is 9.78. The van der Waals surface area contributed by atoms with Crippen molar-refractivity contribution in [2.75, 3.05) is 6.16 Å². The van der Waals surface area contributed by atoms with Gasteiger partial charge in [-0.1, -0.05) is 46.8 Å². The molecule has 0 fully saturated rings. The highest BCUT2D eigenvalue weighted by Crippen LogP contribution is 2.37. The third-order valence-electron chi connectivity index (χ3n) is 4.32. The summed E-state index contributed by atoms with van der Waals surface area (Å²) in [6, 6.07) is 9.08. The van der Waals surface area contributed by atoms with Crippen LogP contribution in [-0.4, -0.2) is 21.1 Å². The molecule has 6 heteroatoms.